The molecular formula is C67H71F12N17O18S6. The number of Topliss-reactive ketones (excluding diaryl/α,β-unsaturated/α-hetero) is 3. The van der Waals surface area contributed by atoms with Gasteiger partial charge in [-0.2, -0.15) is 13.2 Å². The number of thioether (sulfide) groups is 4. The number of amides is 3. The van der Waals surface area contributed by atoms with Crippen LogP contribution in [0.1, 0.15) is 129 Å². The number of amidine groups is 2. The maximum absolute atomic E-state index is 13.5. The summed E-state index contributed by atoms with van der Waals surface area (Å²) in [5.74, 6) is -6.04. The number of carbonyl (C=O) groups is 6. The van der Waals surface area contributed by atoms with E-state index >= 15 is 0 Å². The fraction of sp³-hybridized carbons (Fsp3) is 0.373. The van der Waals surface area contributed by atoms with Gasteiger partial charge in [0.25, 0.3) is 19.3 Å². The van der Waals surface area contributed by atoms with E-state index in [-0.39, 0.29) is 157 Å². The van der Waals surface area contributed by atoms with Crippen LogP contribution in [0.2, 0.25) is 0 Å². The highest BCUT2D eigenvalue weighted by molar-refractivity contribution is 8.00. The molecule has 2 atom stereocenters. The van der Waals surface area contributed by atoms with Crippen molar-refractivity contribution >= 4 is 136 Å². The maximum atomic E-state index is 13.5. The summed E-state index contributed by atoms with van der Waals surface area (Å²) < 4.78 is 219. The monoisotopic (exact) mass is 1820 g/mol. The van der Waals surface area contributed by atoms with Gasteiger partial charge in [0.15, 0.2) is 74.2 Å². The third-order valence-corrected chi connectivity index (χ3v) is 20.4. The third-order valence-electron chi connectivity index (χ3n) is 14.4. The predicted octanol–water partition coefficient (Wildman–Crippen LogP) is 10.4. The summed E-state index contributed by atoms with van der Waals surface area (Å²) in [5.41, 5.74) is 0.660. The highest BCUT2D eigenvalue weighted by Crippen LogP contribution is 2.34. The Hall–Kier alpha value is -10.9. The number of halogens is 12. The van der Waals surface area contributed by atoms with E-state index in [0.29, 0.717) is 23.7 Å². The molecule has 8 aromatic rings. The van der Waals surface area contributed by atoms with E-state index < -0.39 is 120 Å². The lowest BCUT2D eigenvalue weighted by molar-refractivity contribution is -0.137. The van der Waals surface area contributed by atoms with Crippen molar-refractivity contribution in [1.82, 2.24) is 68.2 Å². The Balaban J connectivity index is 0.000000285. The first-order chi connectivity index (χ1) is 56.5. The van der Waals surface area contributed by atoms with Crippen LogP contribution in [0, 0.1) is 17.5 Å². The van der Waals surface area contributed by atoms with Crippen LogP contribution in [0.25, 0.3) is 0 Å². The molecule has 0 fully saturated rings. The van der Waals surface area contributed by atoms with Gasteiger partial charge in [0.05, 0.1) is 46.5 Å². The number of rotatable bonds is 38. The van der Waals surface area contributed by atoms with Gasteiger partial charge in [-0.15, -0.1) is 11.8 Å². The van der Waals surface area contributed by atoms with Crippen molar-refractivity contribution in [3.63, 3.8) is 0 Å². The molecule has 0 aliphatic rings. The largest absolute Gasteiger partial charge is 0.416 e. The summed E-state index contributed by atoms with van der Waals surface area (Å²) in [6, 6.07) is 12.6. The second-order valence-electron chi connectivity index (χ2n) is 24.8. The summed E-state index contributed by atoms with van der Waals surface area (Å²) in [7, 11) is -6.83. The van der Waals surface area contributed by atoms with Crippen molar-refractivity contribution in [2.24, 2.45) is 20.3 Å². The minimum absolute atomic E-state index is 0.0150. The maximum Gasteiger partial charge on any atom is 0.416 e. The number of aromatic nitrogens is 8. The summed E-state index contributed by atoms with van der Waals surface area (Å²) in [6.07, 6.45) is -12.0. The molecule has 53 heteroatoms. The molecule has 8 rings (SSSR count). The molecular weight excluding hydrogens is 1750 g/mol. The third kappa shape index (κ3) is 34.8. The molecule has 120 heavy (non-hydrogen) atoms. The van der Waals surface area contributed by atoms with E-state index in [0.717, 1.165) is 120 Å². The number of carbonyl (C=O) groups excluding carboxylic acids is 6. The average Bonchev–Trinajstić information content (AvgIpc) is 1.28. The van der Waals surface area contributed by atoms with Crippen LogP contribution in [-0.4, -0.2) is 203 Å². The van der Waals surface area contributed by atoms with Crippen LogP contribution in [0.5, 0.6) is 0 Å². The predicted molar refractivity (Wildman–Crippen MR) is 404 cm³/mol. The van der Waals surface area contributed by atoms with Gasteiger partial charge >= 0.3 is 6.18 Å². The van der Waals surface area contributed by atoms with Crippen LogP contribution >= 0.6 is 47.0 Å². The highest BCUT2D eigenvalue weighted by atomic mass is 32.2. The Morgan fingerprint density at radius 1 is 0.508 bits per heavy atom. The molecule has 4 aromatic carbocycles. The standard InChI is InChI=1S/2C18H19F3N4O4S.C16H17F3N4O5S2.C15H16F3N5O5S2/c2*1-9(22-15(27)5-10(2)26)8-30-18-16(24-29-25-18)14(23-28)7-11-3-4-13(19)12(6-11)17(20)21;1-30(26,27)8-10(24)3-2-6-29-16-13(22-28-23-16)15(21-25)20-9-4-5-12(17)11(7-9)14(18)19;1-30(26,27)8-11(24)19-5-6-29-14-12(22-28-23-14)13(21-25)20-10-4-2-3-9(7-10)15(16,17)18/h2*3-4,6,9,17,28H,5,7-8H2,1-2H3,(H,22,27);4-5,7,14,25H,2-3,6,8H2,1H3,(H,20,21);2-4,7,25H,5-6,8H2,1H3,(H,19,24)(H,20,21)/t2*9-;;/m10../s1. The Morgan fingerprint density at radius 2 is 0.900 bits per heavy atom. The van der Waals surface area contributed by atoms with Gasteiger partial charge in [0.2, 0.25) is 17.7 Å². The van der Waals surface area contributed by atoms with Gasteiger partial charge in [0, 0.05) is 73.4 Å². The first-order valence-electron chi connectivity index (χ1n) is 33.8. The minimum Gasteiger partial charge on any atom is -0.411 e. The van der Waals surface area contributed by atoms with E-state index in [1.54, 1.807) is 24.8 Å². The molecule has 0 spiro atoms. The van der Waals surface area contributed by atoms with Crippen LogP contribution < -0.4 is 26.9 Å². The summed E-state index contributed by atoms with van der Waals surface area (Å²) in [6.45, 7) is 6.17. The van der Waals surface area contributed by atoms with Gasteiger partial charge in [-0.25, -0.2) is 84.9 Å². The molecule has 3 amide bonds. The molecule has 0 aliphatic carbocycles. The molecule has 0 aliphatic heterocycles. The van der Waals surface area contributed by atoms with E-state index in [1.807, 2.05) is 0 Å². The zero-order valence-corrected chi connectivity index (χ0v) is 67.8. The zero-order chi connectivity index (χ0) is 89.2. The fourth-order valence-electron chi connectivity index (χ4n) is 9.27. The van der Waals surface area contributed by atoms with Gasteiger partial charge in [-0.1, -0.05) is 63.8 Å². The number of nitrogens with zero attached hydrogens (tertiary/aromatic N) is 12. The molecule has 35 nitrogen and oxygen atoms in total. The van der Waals surface area contributed by atoms with Crippen molar-refractivity contribution in [2.45, 2.75) is 124 Å². The van der Waals surface area contributed by atoms with Crippen LogP contribution in [0.3, 0.4) is 0 Å². The number of hydrogen-bond acceptors (Lipinski definition) is 34. The van der Waals surface area contributed by atoms with Crippen molar-refractivity contribution in [2.75, 3.05) is 53.6 Å². The van der Waals surface area contributed by atoms with Crippen molar-refractivity contribution in [3.05, 3.63) is 152 Å². The second kappa shape index (κ2) is 48.4. The van der Waals surface area contributed by atoms with Gasteiger partial charge < -0.3 is 26.4 Å². The summed E-state index contributed by atoms with van der Waals surface area (Å²) in [5, 5.41) is 81.5. The van der Waals surface area contributed by atoms with Gasteiger partial charge in [-0.3, -0.25) is 50.1 Å². The van der Waals surface area contributed by atoms with E-state index in [4.69, 9.17) is 0 Å². The number of ketones is 3. The fourth-order valence-corrected chi connectivity index (χ4v) is 13.9. The number of sulfone groups is 2. The first kappa shape index (κ1) is 99.7. The number of hydrogen-bond donors (Lipinski definition) is 9. The smallest absolute Gasteiger partial charge is 0.411 e. The number of aliphatic imine (C=N–C) groups is 2. The number of oxime groups is 2. The molecule has 4 aromatic heterocycles. The highest BCUT2D eigenvalue weighted by Gasteiger charge is 2.31. The first-order valence-corrected chi connectivity index (χ1v) is 41.9. The number of benzene rings is 4. The lowest BCUT2D eigenvalue weighted by atomic mass is 10.0. The molecule has 0 saturated carbocycles. The topological polar surface area (TPSA) is 517 Å². The zero-order valence-electron chi connectivity index (χ0n) is 62.9. The van der Waals surface area contributed by atoms with E-state index in [2.05, 4.69) is 96.0 Å². The second-order valence-corrected chi connectivity index (χ2v) is 33.2. The van der Waals surface area contributed by atoms with Crippen molar-refractivity contribution in [1.29, 1.82) is 0 Å². The molecule has 0 radical (unpaired) electrons. The van der Waals surface area contributed by atoms with Crippen LogP contribution in [0.4, 0.5) is 64.1 Å². The van der Waals surface area contributed by atoms with Crippen molar-refractivity contribution < 1.29 is 138 Å². The van der Waals surface area contributed by atoms with Crippen LogP contribution in [0.15, 0.2) is 138 Å². The van der Waals surface area contributed by atoms with Gasteiger partial charge in [-0.05, 0) is 147 Å². The van der Waals surface area contributed by atoms with Gasteiger partial charge in [0.1, 0.15) is 57.7 Å². The summed E-state index contributed by atoms with van der Waals surface area (Å²) in [4.78, 5) is 76.0. The Kier molecular flexibility index (Phi) is 40.2. The lowest BCUT2D eigenvalue weighted by Gasteiger charge is -2.12. The van der Waals surface area contributed by atoms with Crippen LogP contribution in [-0.2, 0) is 67.5 Å². The number of alkyl halides is 9. The molecule has 0 saturated heterocycles. The SMILES string of the molecule is CC(=O)CC(=O)N[C@@H](C)CSc1nonc1C(Cc1ccc(F)c(C(F)F)c1)=NO.CC(=O)CC(=O)N[C@H](C)CSc1nonc1C(Cc1ccc(F)c(C(F)F)c1)=NO.CS(=O)(=O)CC(=O)CCCSc1nonc1C(=Nc1ccc(F)c(C(F)F)c1)NO.CS(=O)(=O)CC(=O)NCCSc1nonc1C(=Nc1cccc(C(F)(F)F)c1)NO. The Bertz CT molecular complexity index is 5030. The molecule has 0 unspecified atom stereocenters. The molecule has 9 N–H and O–H groups in total. The Labute approximate surface area is 688 Å². The quantitative estimate of drug-likeness (QED) is 0.00254. The van der Waals surface area contributed by atoms with Crippen molar-refractivity contribution in [3.8, 4) is 0 Å². The molecule has 652 valence electrons. The van der Waals surface area contributed by atoms with E-state index in [9.17, 15) is 119 Å². The average molecular weight is 1820 g/mol. The number of nitrogens with one attached hydrogen (secondary N) is 5. The number of hydroxylamine groups is 2. The lowest BCUT2D eigenvalue weighted by Crippen LogP contribution is -2.35. The Morgan fingerprint density at radius 3 is 1.29 bits per heavy atom. The normalized spacial score (nSPS) is 12.7. The summed E-state index contributed by atoms with van der Waals surface area (Å²) >= 11 is 4.43. The molecule has 4 heterocycles. The van der Waals surface area contributed by atoms with E-state index in [1.165, 1.54) is 32.0 Å². The molecule has 0 bridgehead atoms. The minimum atomic E-state index is -4.56.